The Kier molecular flexibility index (Phi) is 5.98. The summed E-state index contributed by atoms with van der Waals surface area (Å²) in [7, 11) is 0. The Balaban J connectivity index is 1.56. The van der Waals surface area contributed by atoms with Gasteiger partial charge in [0, 0.05) is 12.1 Å². The van der Waals surface area contributed by atoms with E-state index < -0.39 is 0 Å². The molecule has 0 aliphatic heterocycles. The van der Waals surface area contributed by atoms with Gasteiger partial charge in [-0.1, -0.05) is 62.8 Å². The molecule has 1 spiro atoms. The Morgan fingerprint density at radius 1 is 1.22 bits per heavy atom. The lowest BCUT2D eigenvalue weighted by Gasteiger charge is -2.40. The molecule has 148 valence electrons. The lowest BCUT2D eigenvalue weighted by Crippen LogP contribution is -2.50. The predicted molar refractivity (Wildman–Crippen MR) is 113 cm³/mol. The van der Waals surface area contributed by atoms with Gasteiger partial charge in [-0.3, -0.25) is 0 Å². The fraction of sp³-hybridized carbons (Fsp3) is 0.625. The number of rotatable bonds is 5. The number of carbonyl (C=O) groups excluding carboxylic acids is 1. The van der Waals surface area contributed by atoms with Crippen molar-refractivity contribution in [2.24, 2.45) is 17.3 Å². The largest absolute Gasteiger partial charge is 0.338 e. The number of urea groups is 1. The van der Waals surface area contributed by atoms with Crippen LogP contribution in [0.15, 0.2) is 42.0 Å². The summed E-state index contributed by atoms with van der Waals surface area (Å²) in [6.07, 6.45) is 9.28. The molecule has 27 heavy (non-hydrogen) atoms. The van der Waals surface area contributed by atoms with Crippen LogP contribution < -0.4 is 10.6 Å². The zero-order valence-electron chi connectivity index (χ0n) is 17.5. The van der Waals surface area contributed by atoms with Gasteiger partial charge in [0.05, 0.1) is 0 Å². The summed E-state index contributed by atoms with van der Waals surface area (Å²) in [5.74, 6) is 1.33. The van der Waals surface area contributed by atoms with E-state index in [0.717, 1.165) is 19.3 Å². The maximum atomic E-state index is 12.5. The maximum absolute atomic E-state index is 12.5. The van der Waals surface area contributed by atoms with Crippen molar-refractivity contribution in [2.45, 2.75) is 71.8 Å². The second-order valence-electron chi connectivity index (χ2n) is 9.40. The minimum Gasteiger partial charge on any atom is -0.338 e. The molecule has 2 aliphatic carbocycles. The van der Waals surface area contributed by atoms with Gasteiger partial charge in [-0.15, -0.1) is 0 Å². The monoisotopic (exact) mass is 368 g/mol. The van der Waals surface area contributed by atoms with Gasteiger partial charge in [0.1, 0.15) is 0 Å². The van der Waals surface area contributed by atoms with Crippen LogP contribution >= 0.6 is 0 Å². The van der Waals surface area contributed by atoms with E-state index >= 15 is 0 Å². The van der Waals surface area contributed by atoms with E-state index in [9.17, 15) is 4.79 Å². The van der Waals surface area contributed by atoms with Crippen LogP contribution in [0.3, 0.4) is 0 Å². The number of allylic oxidation sites excluding steroid dienone is 2. The van der Waals surface area contributed by atoms with Crippen molar-refractivity contribution in [3.05, 3.63) is 47.5 Å². The second kappa shape index (κ2) is 8.08. The molecule has 2 aliphatic rings. The van der Waals surface area contributed by atoms with Crippen LogP contribution in [0.1, 0.15) is 65.4 Å². The highest BCUT2D eigenvalue weighted by Crippen LogP contribution is 2.54. The molecule has 0 radical (unpaired) electrons. The van der Waals surface area contributed by atoms with Crippen molar-refractivity contribution in [3.63, 3.8) is 0 Å². The van der Waals surface area contributed by atoms with Gasteiger partial charge >= 0.3 is 6.03 Å². The lowest BCUT2D eigenvalue weighted by atomic mass is 9.66. The third-order valence-electron chi connectivity index (χ3n) is 6.88. The Morgan fingerprint density at radius 3 is 2.67 bits per heavy atom. The van der Waals surface area contributed by atoms with Crippen LogP contribution in [-0.4, -0.2) is 18.1 Å². The number of amides is 2. The molecule has 1 aromatic carbocycles. The molecule has 0 heterocycles. The molecule has 0 unspecified atom stereocenters. The SMILES string of the molecule is CC(C)C1=C[C@]2(CC[C@@](C)(NC(=O)NCCc3ccccc3)C2)[C@@H](C)CC1. The third kappa shape index (κ3) is 4.75. The zero-order valence-corrected chi connectivity index (χ0v) is 17.5. The number of hydrogen-bond donors (Lipinski definition) is 2. The maximum Gasteiger partial charge on any atom is 0.315 e. The van der Waals surface area contributed by atoms with E-state index in [1.165, 1.54) is 24.8 Å². The lowest BCUT2D eigenvalue weighted by molar-refractivity contribution is 0.195. The first kappa shape index (κ1) is 20.0. The topological polar surface area (TPSA) is 41.1 Å². The van der Waals surface area contributed by atoms with E-state index in [0.29, 0.717) is 18.4 Å². The fourth-order valence-corrected chi connectivity index (χ4v) is 5.06. The van der Waals surface area contributed by atoms with E-state index in [2.05, 4.69) is 56.5 Å². The number of carbonyl (C=O) groups is 1. The predicted octanol–water partition coefficient (Wildman–Crippen LogP) is 5.47. The van der Waals surface area contributed by atoms with E-state index in [1.807, 2.05) is 18.2 Å². The Bertz CT molecular complexity index is 681. The fourth-order valence-electron chi connectivity index (χ4n) is 5.06. The summed E-state index contributed by atoms with van der Waals surface area (Å²) in [5.41, 5.74) is 3.03. The molecule has 3 nitrogen and oxygen atoms in total. The minimum absolute atomic E-state index is 0.0259. The summed E-state index contributed by atoms with van der Waals surface area (Å²) >= 11 is 0. The van der Waals surface area contributed by atoms with E-state index in [4.69, 9.17) is 0 Å². The van der Waals surface area contributed by atoms with Crippen LogP contribution in [0.2, 0.25) is 0 Å². The van der Waals surface area contributed by atoms with Crippen LogP contribution in [0, 0.1) is 17.3 Å². The molecule has 0 aromatic heterocycles. The first-order valence-corrected chi connectivity index (χ1v) is 10.6. The van der Waals surface area contributed by atoms with Crippen molar-refractivity contribution >= 4 is 6.03 Å². The van der Waals surface area contributed by atoms with Gasteiger partial charge < -0.3 is 10.6 Å². The third-order valence-corrected chi connectivity index (χ3v) is 6.88. The van der Waals surface area contributed by atoms with Crippen LogP contribution in [0.5, 0.6) is 0 Å². The van der Waals surface area contributed by atoms with Crippen molar-refractivity contribution in [3.8, 4) is 0 Å². The summed E-state index contributed by atoms with van der Waals surface area (Å²) in [4.78, 5) is 12.5. The van der Waals surface area contributed by atoms with Crippen molar-refractivity contribution in [2.75, 3.05) is 6.54 Å². The molecule has 0 saturated heterocycles. The summed E-state index contributed by atoms with van der Waals surface area (Å²) in [6.45, 7) is 9.91. The minimum atomic E-state index is -0.110. The molecule has 3 atom stereocenters. The highest BCUT2D eigenvalue weighted by Gasteiger charge is 2.49. The quantitative estimate of drug-likeness (QED) is 0.665. The zero-order chi connectivity index (χ0) is 19.5. The van der Waals surface area contributed by atoms with Crippen molar-refractivity contribution in [1.29, 1.82) is 0 Å². The number of benzene rings is 1. The molecular formula is C24H36N2O. The number of nitrogens with one attached hydrogen (secondary N) is 2. The molecule has 1 aromatic rings. The molecular weight excluding hydrogens is 332 g/mol. The second-order valence-corrected chi connectivity index (χ2v) is 9.40. The Hall–Kier alpha value is -1.77. The van der Waals surface area contributed by atoms with Gasteiger partial charge in [-0.25, -0.2) is 4.79 Å². The van der Waals surface area contributed by atoms with Crippen LogP contribution in [0.4, 0.5) is 4.79 Å². The summed E-state index contributed by atoms with van der Waals surface area (Å²) in [5, 5.41) is 6.35. The smallest absolute Gasteiger partial charge is 0.315 e. The summed E-state index contributed by atoms with van der Waals surface area (Å²) < 4.78 is 0. The van der Waals surface area contributed by atoms with Gasteiger partial charge in [-0.05, 0) is 68.3 Å². The first-order valence-electron chi connectivity index (χ1n) is 10.6. The highest BCUT2D eigenvalue weighted by molar-refractivity contribution is 5.74. The van der Waals surface area contributed by atoms with Gasteiger partial charge in [0.15, 0.2) is 0 Å². The average molecular weight is 369 g/mol. The van der Waals surface area contributed by atoms with Crippen LogP contribution in [0.25, 0.3) is 0 Å². The molecule has 0 bridgehead atoms. The average Bonchev–Trinajstić information content (AvgIpc) is 2.95. The molecule has 3 rings (SSSR count). The van der Waals surface area contributed by atoms with Gasteiger partial charge in [0.2, 0.25) is 0 Å². The highest BCUT2D eigenvalue weighted by atomic mass is 16.2. The first-order chi connectivity index (χ1) is 12.8. The van der Waals surface area contributed by atoms with Gasteiger partial charge in [0.25, 0.3) is 0 Å². The molecule has 3 heteroatoms. The standard InChI is InChI=1S/C24H36N2O/c1-18(2)21-11-10-19(3)24(16-21)14-13-23(4,17-24)26-22(27)25-15-12-20-8-6-5-7-9-20/h5-9,16,18-19H,10-15,17H2,1-4H3,(H2,25,26,27)/t19-,23+,24-/m0/s1. The van der Waals surface area contributed by atoms with E-state index in [-0.39, 0.29) is 17.0 Å². The molecule has 1 saturated carbocycles. The van der Waals surface area contributed by atoms with Crippen LogP contribution in [-0.2, 0) is 6.42 Å². The Morgan fingerprint density at radius 2 is 1.96 bits per heavy atom. The molecule has 2 amide bonds. The molecule has 1 fully saturated rings. The normalized spacial score (nSPS) is 30.4. The van der Waals surface area contributed by atoms with Crippen molar-refractivity contribution in [1.82, 2.24) is 10.6 Å². The Labute approximate surface area is 165 Å². The molecule has 2 N–H and O–H groups in total. The van der Waals surface area contributed by atoms with Gasteiger partial charge in [-0.2, -0.15) is 0 Å². The van der Waals surface area contributed by atoms with E-state index in [1.54, 1.807) is 5.57 Å². The summed E-state index contributed by atoms with van der Waals surface area (Å²) in [6, 6.07) is 10.3. The number of hydrogen-bond acceptors (Lipinski definition) is 1. The van der Waals surface area contributed by atoms with Crippen molar-refractivity contribution < 1.29 is 4.79 Å².